The van der Waals surface area contributed by atoms with E-state index in [1.54, 1.807) is 37.5 Å². The number of rotatable bonds is 8. The summed E-state index contributed by atoms with van der Waals surface area (Å²) in [4.78, 5) is 68.3. The maximum absolute atomic E-state index is 13.8. The highest BCUT2D eigenvalue weighted by Gasteiger charge is 2.71. The molecule has 2 aromatic heterocycles. The van der Waals surface area contributed by atoms with Gasteiger partial charge < -0.3 is 28.1 Å². The standard InChI is InChI=1S/C35H43NO11/c1-8-10-28(40)42-18-34(6)25-16-27(44-20(3)38)35(7)31(33(25,5)13-12-26(34)43-19(2)37)30(45-21(4)39)29-24(47-35)15-23(46-32(29)41)22-11-9-14-36-17-22/h9,11,14-15,17,25-27,30-31H,8,10,12-13,16,18H2,1-7H3/t25?,26-,27-,30?,31?,33-,34-,35+/m0/s1. The average molecular weight is 654 g/mol. The molecule has 2 aliphatic carbocycles. The smallest absolute Gasteiger partial charge is 0.347 e. The third-order valence-corrected chi connectivity index (χ3v) is 10.4. The van der Waals surface area contributed by atoms with E-state index in [1.807, 2.05) is 20.8 Å². The van der Waals surface area contributed by atoms with Gasteiger partial charge in [-0.1, -0.05) is 20.8 Å². The Kier molecular flexibility index (Phi) is 9.27. The second kappa shape index (κ2) is 12.8. The van der Waals surface area contributed by atoms with Gasteiger partial charge in [-0.15, -0.1) is 0 Å². The first-order chi connectivity index (χ1) is 22.1. The van der Waals surface area contributed by atoms with Crippen LogP contribution in [-0.4, -0.2) is 53.3 Å². The van der Waals surface area contributed by atoms with Crippen LogP contribution >= 0.6 is 0 Å². The summed E-state index contributed by atoms with van der Waals surface area (Å²) < 4.78 is 36.3. The van der Waals surface area contributed by atoms with Crippen molar-refractivity contribution in [2.45, 2.75) is 104 Å². The number of hydrogen-bond acceptors (Lipinski definition) is 12. The highest BCUT2D eigenvalue weighted by Crippen LogP contribution is 2.68. The van der Waals surface area contributed by atoms with Crippen LogP contribution in [0.4, 0.5) is 0 Å². The molecular formula is C35H43NO11. The van der Waals surface area contributed by atoms with Gasteiger partial charge in [-0.2, -0.15) is 0 Å². The van der Waals surface area contributed by atoms with E-state index in [-0.39, 0.29) is 42.5 Å². The first kappa shape index (κ1) is 34.1. The van der Waals surface area contributed by atoms with Crippen LogP contribution in [0.5, 0.6) is 5.75 Å². The Bertz CT molecular complexity index is 1600. The van der Waals surface area contributed by atoms with E-state index in [0.717, 1.165) is 0 Å². The molecule has 5 rings (SSSR count). The van der Waals surface area contributed by atoms with Crippen molar-refractivity contribution in [1.82, 2.24) is 4.98 Å². The molecule has 0 saturated heterocycles. The summed E-state index contributed by atoms with van der Waals surface area (Å²) in [7, 11) is 0. The molecule has 8 atom stereocenters. The SMILES string of the molecule is CCCC(=O)OC[C@@]1(C)C2C[C@H](OC(C)=O)[C@@]3(C)Oc4cc(-c5cccnc5)oc(=O)c4C(OC(C)=O)C3[C@@]2(C)CC[C@@H]1OC(C)=O. The molecule has 2 fully saturated rings. The fraction of sp³-hybridized carbons (Fsp3) is 0.600. The van der Waals surface area contributed by atoms with Gasteiger partial charge in [-0.25, -0.2) is 4.79 Å². The predicted octanol–water partition coefficient (Wildman–Crippen LogP) is 5.11. The van der Waals surface area contributed by atoms with Crippen LogP contribution in [-0.2, 0) is 38.1 Å². The number of esters is 4. The summed E-state index contributed by atoms with van der Waals surface area (Å²) in [5, 5.41) is 0. The molecule has 0 N–H and O–H groups in total. The molecular weight excluding hydrogens is 610 g/mol. The quantitative estimate of drug-likeness (QED) is 0.274. The number of carbonyl (C=O) groups excluding carboxylic acids is 4. The number of fused-ring (bicyclic) bond motifs is 4. The molecule has 2 saturated carbocycles. The third kappa shape index (κ3) is 6.14. The number of ether oxygens (including phenoxy) is 5. The highest BCUT2D eigenvalue weighted by molar-refractivity contribution is 5.69. The molecule has 0 amide bonds. The van der Waals surface area contributed by atoms with E-state index in [0.29, 0.717) is 24.8 Å². The zero-order valence-corrected chi connectivity index (χ0v) is 28.0. The van der Waals surface area contributed by atoms with Gasteiger partial charge in [-0.3, -0.25) is 24.2 Å². The first-order valence-electron chi connectivity index (χ1n) is 16.1. The maximum atomic E-state index is 13.8. The zero-order chi connectivity index (χ0) is 34.3. The van der Waals surface area contributed by atoms with Crippen LogP contribution in [0.25, 0.3) is 11.3 Å². The van der Waals surface area contributed by atoms with Crippen molar-refractivity contribution in [3.05, 3.63) is 46.6 Å². The minimum Gasteiger partial charge on any atom is -0.482 e. The van der Waals surface area contributed by atoms with Gasteiger partial charge in [0.05, 0.1) is 0 Å². The van der Waals surface area contributed by atoms with Gasteiger partial charge in [-0.05, 0) is 56.1 Å². The van der Waals surface area contributed by atoms with Gasteiger partial charge >= 0.3 is 29.5 Å². The second-order valence-corrected chi connectivity index (χ2v) is 13.7. The Morgan fingerprint density at radius 3 is 2.30 bits per heavy atom. The zero-order valence-electron chi connectivity index (χ0n) is 28.0. The van der Waals surface area contributed by atoms with Crippen LogP contribution in [0.3, 0.4) is 0 Å². The normalized spacial score (nSPS) is 32.4. The van der Waals surface area contributed by atoms with Crippen LogP contribution in [0, 0.1) is 22.7 Å². The van der Waals surface area contributed by atoms with E-state index in [1.165, 1.54) is 20.8 Å². The Morgan fingerprint density at radius 1 is 1.00 bits per heavy atom. The Labute approximate surface area is 273 Å². The Balaban J connectivity index is 1.71. The first-order valence-corrected chi connectivity index (χ1v) is 16.1. The minimum atomic E-state index is -1.29. The molecule has 0 spiro atoms. The van der Waals surface area contributed by atoms with Crippen molar-refractivity contribution >= 4 is 23.9 Å². The van der Waals surface area contributed by atoms with Gasteiger partial charge in [0, 0.05) is 62.5 Å². The van der Waals surface area contributed by atoms with Gasteiger partial charge in [0.15, 0.2) is 5.60 Å². The highest BCUT2D eigenvalue weighted by atomic mass is 16.6. The summed E-state index contributed by atoms with van der Waals surface area (Å²) in [6.07, 6.45) is 2.40. The van der Waals surface area contributed by atoms with E-state index in [9.17, 15) is 24.0 Å². The number of nitrogens with zero attached hydrogens (tertiary/aromatic N) is 1. The van der Waals surface area contributed by atoms with Crippen molar-refractivity contribution in [2.75, 3.05) is 6.61 Å². The maximum Gasteiger partial charge on any atom is 0.347 e. The van der Waals surface area contributed by atoms with Crippen molar-refractivity contribution < 1.29 is 47.3 Å². The summed E-state index contributed by atoms with van der Waals surface area (Å²) in [6, 6.07) is 5.01. The number of hydrogen-bond donors (Lipinski definition) is 0. The molecule has 1 aliphatic heterocycles. The van der Waals surface area contributed by atoms with Gasteiger partial charge in [0.1, 0.15) is 42.0 Å². The molecule has 254 valence electrons. The lowest BCUT2D eigenvalue weighted by Crippen LogP contribution is -2.71. The van der Waals surface area contributed by atoms with E-state index < -0.39 is 70.1 Å². The largest absolute Gasteiger partial charge is 0.482 e. The number of pyridine rings is 1. The minimum absolute atomic E-state index is 0.0388. The second-order valence-electron chi connectivity index (χ2n) is 13.7. The van der Waals surface area contributed by atoms with Gasteiger partial charge in [0.2, 0.25) is 0 Å². The molecule has 3 unspecified atom stereocenters. The topological polar surface area (TPSA) is 158 Å². The fourth-order valence-corrected chi connectivity index (χ4v) is 8.56. The average Bonchev–Trinajstić information content (AvgIpc) is 2.98. The van der Waals surface area contributed by atoms with Gasteiger partial charge in [0.25, 0.3) is 0 Å². The lowest BCUT2D eigenvalue weighted by Gasteiger charge is -2.66. The van der Waals surface area contributed by atoms with Crippen LogP contribution < -0.4 is 10.4 Å². The summed E-state index contributed by atoms with van der Waals surface area (Å²) in [5.41, 5.74) is -3.18. The third-order valence-electron chi connectivity index (χ3n) is 10.4. The van der Waals surface area contributed by atoms with E-state index in [2.05, 4.69) is 4.98 Å². The molecule has 0 radical (unpaired) electrons. The fourth-order valence-electron chi connectivity index (χ4n) is 8.56. The number of carbonyl (C=O) groups is 4. The molecule has 0 aromatic carbocycles. The molecule has 3 aliphatic rings. The Morgan fingerprint density at radius 2 is 1.68 bits per heavy atom. The summed E-state index contributed by atoms with van der Waals surface area (Å²) in [6.45, 7) is 11.4. The lowest BCUT2D eigenvalue weighted by atomic mass is 9.42. The van der Waals surface area contributed by atoms with Crippen molar-refractivity contribution in [3.63, 3.8) is 0 Å². The predicted molar refractivity (Wildman–Crippen MR) is 166 cm³/mol. The van der Waals surface area contributed by atoms with Crippen LogP contribution in [0.1, 0.15) is 92.2 Å². The molecule has 12 nitrogen and oxygen atoms in total. The summed E-state index contributed by atoms with van der Waals surface area (Å²) >= 11 is 0. The molecule has 2 aromatic rings. The van der Waals surface area contributed by atoms with Crippen molar-refractivity contribution in [3.8, 4) is 17.1 Å². The van der Waals surface area contributed by atoms with Crippen molar-refractivity contribution in [2.24, 2.45) is 22.7 Å². The molecule has 12 heteroatoms. The number of aromatic nitrogens is 1. The van der Waals surface area contributed by atoms with Crippen molar-refractivity contribution in [1.29, 1.82) is 0 Å². The monoisotopic (exact) mass is 653 g/mol. The van der Waals surface area contributed by atoms with Crippen LogP contribution in [0.15, 0.2) is 39.8 Å². The molecule has 47 heavy (non-hydrogen) atoms. The van der Waals surface area contributed by atoms with E-state index >= 15 is 0 Å². The Hall–Kier alpha value is -4.22. The van der Waals surface area contributed by atoms with Crippen LogP contribution in [0.2, 0.25) is 0 Å². The summed E-state index contributed by atoms with van der Waals surface area (Å²) in [5.74, 6) is -2.84. The van der Waals surface area contributed by atoms with E-state index in [4.69, 9.17) is 28.1 Å². The molecule has 3 heterocycles. The molecule has 0 bridgehead atoms. The lowest BCUT2D eigenvalue weighted by molar-refractivity contribution is -0.273.